The van der Waals surface area contributed by atoms with Crippen LogP contribution in [-0.2, 0) is 0 Å². The molecule has 1 amide bonds. The van der Waals surface area contributed by atoms with E-state index in [4.69, 9.17) is 16.7 Å². The summed E-state index contributed by atoms with van der Waals surface area (Å²) in [5, 5.41) is 9.37. The number of carbonyl (C=O) groups is 2. The van der Waals surface area contributed by atoms with Crippen molar-refractivity contribution in [3.63, 3.8) is 0 Å². The molecule has 2 aromatic rings. The Labute approximate surface area is 145 Å². The van der Waals surface area contributed by atoms with E-state index in [0.717, 1.165) is 37.1 Å². The van der Waals surface area contributed by atoms with Gasteiger partial charge in [-0.25, -0.2) is 4.79 Å². The predicted molar refractivity (Wildman–Crippen MR) is 93.6 cm³/mol. The van der Waals surface area contributed by atoms with Crippen LogP contribution in [0.25, 0.3) is 11.1 Å². The quantitative estimate of drug-likeness (QED) is 0.902. The maximum Gasteiger partial charge on any atom is 0.337 e. The highest BCUT2D eigenvalue weighted by molar-refractivity contribution is 6.33. The first kappa shape index (κ1) is 16.5. The molecule has 1 fully saturated rings. The van der Waals surface area contributed by atoms with Gasteiger partial charge in [0.05, 0.1) is 10.6 Å². The molecule has 5 heteroatoms. The van der Waals surface area contributed by atoms with Gasteiger partial charge >= 0.3 is 5.97 Å². The number of aromatic carboxylic acids is 1. The van der Waals surface area contributed by atoms with Gasteiger partial charge in [-0.1, -0.05) is 29.8 Å². The number of carboxylic acid groups (broad SMARTS) is 1. The second kappa shape index (κ2) is 7.05. The number of halogens is 1. The van der Waals surface area contributed by atoms with Crippen LogP contribution in [-0.4, -0.2) is 35.0 Å². The molecule has 1 saturated heterocycles. The third-order valence-electron chi connectivity index (χ3n) is 4.31. The highest BCUT2D eigenvalue weighted by Crippen LogP contribution is 2.26. The monoisotopic (exact) mass is 343 g/mol. The standard InChI is InChI=1S/C19H18ClNO3/c20-17-9-8-15(12-16(17)19(23)24)13-4-6-14(7-5-13)18(22)21-10-2-1-3-11-21/h4-9,12H,1-3,10-11H2,(H,23,24). The Kier molecular flexibility index (Phi) is 4.86. The van der Waals surface area contributed by atoms with E-state index < -0.39 is 5.97 Å². The molecular weight excluding hydrogens is 326 g/mol. The first-order valence-corrected chi connectivity index (χ1v) is 8.36. The molecule has 0 saturated carbocycles. The van der Waals surface area contributed by atoms with Crippen LogP contribution in [0.4, 0.5) is 0 Å². The number of likely N-dealkylation sites (tertiary alicyclic amines) is 1. The molecule has 0 atom stereocenters. The Morgan fingerprint density at radius 3 is 2.17 bits per heavy atom. The molecule has 1 N–H and O–H groups in total. The highest BCUT2D eigenvalue weighted by atomic mass is 35.5. The van der Waals surface area contributed by atoms with Crippen molar-refractivity contribution in [1.82, 2.24) is 4.90 Å². The van der Waals surface area contributed by atoms with Crippen molar-refractivity contribution in [2.24, 2.45) is 0 Å². The minimum Gasteiger partial charge on any atom is -0.478 e. The smallest absolute Gasteiger partial charge is 0.337 e. The van der Waals surface area contributed by atoms with E-state index in [1.54, 1.807) is 30.3 Å². The molecule has 4 nitrogen and oxygen atoms in total. The van der Waals surface area contributed by atoms with Crippen LogP contribution in [0.15, 0.2) is 42.5 Å². The number of carbonyl (C=O) groups excluding carboxylic acids is 1. The average Bonchev–Trinajstić information content (AvgIpc) is 2.62. The maximum atomic E-state index is 12.5. The topological polar surface area (TPSA) is 57.6 Å². The summed E-state index contributed by atoms with van der Waals surface area (Å²) in [5.74, 6) is -0.998. The van der Waals surface area contributed by atoms with Crippen molar-refractivity contribution in [2.75, 3.05) is 13.1 Å². The van der Waals surface area contributed by atoms with Gasteiger partial charge in [0.15, 0.2) is 0 Å². The van der Waals surface area contributed by atoms with Crippen LogP contribution >= 0.6 is 11.6 Å². The van der Waals surface area contributed by atoms with Gasteiger partial charge in [-0.05, 0) is 54.7 Å². The van der Waals surface area contributed by atoms with E-state index in [-0.39, 0.29) is 16.5 Å². The molecule has 0 aromatic heterocycles. The summed E-state index contributed by atoms with van der Waals surface area (Å²) in [4.78, 5) is 25.5. The summed E-state index contributed by atoms with van der Waals surface area (Å²) in [7, 11) is 0. The van der Waals surface area contributed by atoms with Crippen molar-refractivity contribution in [1.29, 1.82) is 0 Å². The summed E-state index contributed by atoms with van der Waals surface area (Å²) >= 11 is 5.90. The van der Waals surface area contributed by atoms with Crippen LogP contribution in [0.2, 0.25) is 5.02 Å². The largest absolute Gasteiger partial charge is 0.478 e. The number of carboxylic acids is 1. The predicted octanol–water partition coefficient (Wildman–Crippen LogP) is 4.33. The SMILES string of the molecule is O=C(O)c1cc(-c2ccc(C(=O)N3CCCCC3)cc2)ccc1Cl. The van der Waals surface area contributed by atoms with Gasteiger partial charge in [-0.3, -0.25) is 4.79 Å². The van der Waals surface area contributed by atoms with Gasteiger partial charge < -0.3 is 10.0 Å². The molecule has 3 rings (SSSR count). The molecule has 124 valence electrons. The van der Waals surface area contributed by atoms with Crippen LogP contribution in [0.3, 0.4) is 0 Å². The van der Waals surface area contributed by atoms with E-state index in [9.17, 15) is 9.59 Å². The molecule has 0 bridgehead atoms. The van der Waals surface area contributed by atoms with E-state index in [1.807, 2.05) is 17.0 Å². The molecule has 0 aliphatic carbocycles. The van der Waals surface area contributed by atoms with E-state index in [0.29, 0.717) is 5.56 Å². The van der Waals surface area contributed by atoms with Gasteiger partial charge in [0.2, 0.25) is 0 Å². The van der Waals surface area contributed by atoms with Gasteiger partial charge in [-0.2, -0.15) is 0 Å². The highest BCUT2D eigenvalue weighted by Gasteiger charge is 2.18. The van der Waals surface area contributed by atoms with Gasteiger partial charge in [0.25, 0.3) is 5.91 Å². The lowest BCUT2D eigenvalue weighted by atomic mass is 10.0. The van der Waals surface area contributed by atoms with Crippen molar-refractivity contribution >= 4 is 23.5 Å². The fraction of sp³-hybridized carbons (Fsp3) is 0.263. The summed E-state index contributed by atoms with van der Waals surface area (Å²) in [6.07, 6.45) is 3.31. The number of piperidine rings is 1. The fourth-order valence-electron chi connectivity index (χ4n) is 2.95. The van der Waals surface area contributed by atoms with Gasteiger partial charge in [0.1, 0.15) is 0 Å². The van der Waals surface area contributed by atoms with Gasteiger partial charge in [0, 0.05) is 18.7 Å². The van der Waals surface area contributed by atoms with E-state index in [1.165, 1.54) is 6.42 Å². The maximum absolute atomic E-state index is 12.5. The van der Waals surface area contributed by atoms with Crippen LogP contribution in [0.5, 0.6) is 0 Å². The molecule has 0 radical (unpaired) electrons. The molecule has 0 spiro atoms. The summed E-state index contributed by atoms with van der Waals surface area (Å²) in [5.41, 5.74) is 2.34. The third kappa shape index (κ3) is 3.44. The van der Waals surface area contributed by atoms with E-state index >= 15 is 0 Å². The van der Waals surface area contributed by atoms with Crippen LogP contribution < -0.4 is 0 Å². The molecule has 1 aliphatic rings. The molecule has 0 unspecified atom stereocenters. The molecule has 24 heavy (non-hydrogen) atoms. The second-order valence-electron chi connectivity index (χ2n) is 5.93. The van der Waals surface area contributed by atoms with Crippen molar-refractivity contribution in [3.8, 4) is 11.1 Å². The third-order valence-corrected chi connectivity index (χ3v) is 4.63. The Morgan fingerprint density at radius 2 is 1.54 bits per heavy atom. The zero-order valence-corrected chi connectivity index (χ0v) is 13.9. The Balaban J connectivity index is 1.83. The zero-order chi connectivity index (χ0) is 17.1. The number of hydrogen-bond donors (Lipinski definition) is 1. The number of nitrogens with zero attached hydrogens (tertiary/aromatic N) is 1. The zero-order valence-electron chi connectivity index (χ0n) is 13.2. The molecule has 2 aromatic carbocycles. The Bertz CT molecular complexity index is 765. The van der Waals surface area contributed by atoms with Crippen molar-refractivity contribution < 1.29 is 14.7 Å². The number of rotatable bonds is 3. The van der Waals surface area contributed by atoms with Crippen LogP contribution in [0, 0.1) is 0 Å². The molecular formula is C19H18ClNO3. The normalized spacial score (nSPS) is 14.5. The average molecular weight is 344 g/mol. The van der Waals surface area contributed by atoms with Crippen molar-refractivity contribution in [2.45, 2.75) is 19.3 Å². The first-order chi connectivity index (χ1) is 11.6. The molecule has 1 heterocycles. The summed E-state index contributed by atoms with van der Waals surface area (Å²) in [6, 6.07) is 12.2. The second-order valence-corrected chi connectivity index (χ2v) is 6.34. The Morgan fingerprint density at radius 1 is 0.917 bits per heavy atom. The molecule has 1 aliphatic heterocycles. The first-order valence-electron chi connectivity index (χ1n) is 7.99. The lowest BCUT2D eigenvalue weighted by Gasteiger charge is -2.26. The van der Waals surface area contributed by atoms with E-state index in [2.05, 4.69) is 0 Å². The van der Waals surface area contributed by atoms with Crippen LogP contribution in [0.1, 0.15) is 40.0 Å². The lowest BCUT2D eigenvalue weighted by Crippen LogP contribution is -2.35. The Hall–Kier alpha value is -2.33. The minimum absolute atomic E-state index is 0.0589. The minimum atomic E-state index is -1.06. The fourth-order valence-corrected chi connectivity index (χ4v) is 3.15. The number of benzene rings is 2. The number of hydrogen-bond acceptors (Lipinski definition) is 2. The van der Waals surface area contributed by atoms with Gasteiger partial charge in [-0.15, -0.1) is 0 Å². The summed E-state index contributed by atoms with van der Waals surface area (Å²) in [6.45, 7) is 1.64. The lowest BCUT2D eigenvalue weighted by molar-refractivity contribution is 0.0694. The number of amides is 1. The summed E-state index contributed by atoms with van der Waals surface area (Å²) < 4.78 is 0. The van der Waals surface area contributed by atoms with Crippen molar-refractivity contribution in [3.05, 3.63) is 58.6 Å².